The fraction of sp³-hybridized carbons (Fsp3) is 0.846. The van der Waals surface area contributed by atoms with Crippen LogP contribution in [0, 0.1) is 5.92 Å². The third kappa shape index (κ3) is 10.6. The van der Waals surface area contributed by atoms with E-state index < -0.39 is 41.7 Å². The molecule has 37 heavy (non-hydrogen) atoms. The van der Waals surface area contributed by atoms with Crippen molar-refractivity contribution in [1.29, 1.82) is 0 Å². The second kappa shape index (κ2) is 12.5. The van der Waals surface area contributed by atoms with Gasteiger partial charge in [0.2, 0.25) is 8.32 Å². The van der Waals surface area contributed by atoms with Crippen molar-refractivity contribution in [1.82, 2.24) is 10.0 Å². The number of carbonyl (C=O) groups is 2. The van der Waals surface area contributed by atoms with E-state index in [1.807, 2.05) is 4.72 Å². The Hall–Kier alpha value is -1.59. The maximum absolute atomic E-state index is 12.6. The fourth-order valence-corrected chi connectivity index (χ4v) is 11.6. The number of ether oxygens (including phenoxy) is 2. The molecule has 0 aromatic heterocycles. The summed E-state index contributed by atoms with van der Waals surface area (Å²) < 4.78 is 44.6. The van der Waals surface area contributed by atoms with Gasteiger partial charge in [-0.15, -0.1) is 0 Å². The average Bonchev–Trinajstić information content (AvgIpc) is 3.00. The summed E-state index contributed by atoms with van der Waals surface area (Å²) in [6.07, 6.45) is 0.753. The minimum Gasteiger partial charge on any atom is -0.444 e. The zero-order valence-corrected chi connectivity index (χ0v) is 26.6. The Morgan fingerprint density at radius 2 is 1.30 bits per heavy atom. The first-order valence-corrected chi connectivity index (χ1v) is 16.9. The summed E-state index contributed by atoms with van der Waals surface area (Å²) in [5, 5.41) is 3.92. The molecule has 1 aliphatic carbocycles. The van der Waals surface area contributed by atoms with Crippen LogP contribution in [0.2, 0.25) is 16.6 Å². The van der Waals surface area contributed by atoms with Crippen molar-refractivity contribution >= 4 is 30.5 Å². The van der Waals surface area contributed by atoms with Crippen molar-refractivity contribution in [2.24, 2.45) is 5.92 Å². The Morgan fingerprint density at radius 3 is 1.73 bits per heavy atom. The Labute approximate surface area is 225 Å². The molecule has 2 amide bonds. The standard InChI is InChI=1S/C26H50N2O7SSi/c1-17(2)37(18(3)4,19(5)6)35-22-16-21(27-23(29)33-25(7,8)9)15-20(22)13-14-36(31,32)28-24(30)34-26(10,11)12/h13-14,17-22H,15-16H2,1-12H3,(H,27,29)(H,28,30)/b14-13+/t20-,21+,22-/m0/s1. The van der Waals surface area contributed by atoms with Gasteiger partial charge in [-0.2, -0.15) is 0 Å². The predicted octanol–water partition coefficient (Wildman–Crippen LogP) is 6.22. The average molecular weight is 563 g/mol. The Morgan fingerprint density at radius 1 is 0.838 bits per heavy atom. The van der Waals surface area contributed by atoms with E-state index in [2.05, 4.69) is 46.9 Å². The normalized spacial score (nSPS) is 21.6. The number of hydrogen-bond donors (Lipinski definition) is 2. The summed E-state index contributed by atoms with van der Waals surface area (Å²) in [6, 6.07) is -0.241. The molecule has 11 heteroatoms. The van der Waals surface area contributed by atoms with E-state index in [0.29, 0.717) is 29.5 Å². The highest BCUT2D eigenvalue weighted by atomic mass is 32.2. The lowest BCUT2D eigenvalue weighted by Crippen LogP contribution is -2.51. The summed E-state index contributed by atoms with van der Waals surface area (Å²) in [6.45, 7) is 23.5. The summed E-state index contributed by atoms with van der Waals surface area (Å²) in [5.74, 6) is -0.279. The fourth-order valence-electron chi connectivity index (χ4n) is 5.29. The van der Waals surface area contributed by atoms with Gasteiger partial charge in [0.25, 0.3) is 10.0 Å². The van der Waals surface area contributed by atoms with Crippen molar-refractivity contribution in [3.63, 3.8) is 0 Å². The monoisotopic (exact) mass is 562 g/mol. The molecule has 0 aliphatic heterocycles. The van der Waals surface area contributed by atoms with Gasteiger partial charge in [0.15, 0.2) is 0 Å². The van der Waals surface area contributed by atoms with Crippen molar-refractivity contribution in [3.8, 4) is 0 Å². The molecule has 0 aromatic carbocycles. The molecule has 3 atom stereocenters. The van der Waals surface area contributed by atoms with Crippen LogP contribution in [-0.2, 0) is 23.9 Å². The second-order valence-electron chi connectivity index (χ2n) is 12.9. The molecular weight excluding hydrogens is 512 g/mol. The predicted molar refractivity (Wildman–Crippen MR) is 149 cm³/mol. The van der Waals surface area contributed by atoms with Gasteiger partial charge in [-0.3, -0.25) is 0 Å². The number of nitrogens with one attached hydrogen (secondary N) is 2. The van der Waals surface area contributed by atoms with E-state index in [1.54, 1.807) is 47.6 Å². The van der Waals surface area contributed by atoms with E-state index in [1.165, 1.54) is 0 Å². The molecule has 0 radical (unpaired) electrons. The first kappa shape index (κ1) is 33.4. The molecule has 1 saturated carbocycles. The molecule has 2 N–H and O–H groups in total. The lowest BCUT2D eigenvalue weighted by atomic mass is 10.1. The van der Waals surface area contributed by atoms with E-state index in [-0.39, 0.29) is 18.1 Å². The van der Waals surface area contributed by atoms with Crippen molar-refractivity contribution in [3.05, 3.63) is 11.5 Å². The van der Waals surface area contributed by atoms with E-state index in [9.17, 15) is 18.0 Å². The summed E-state index contributed by atoms with van der Waals surface area (Å²) in [4.78, 5) is 24.5. The number of rotatable bonds is 9. The first-order valence-electron chi connectivity index (χ1n) is 13.2. The maximum atomic E-state index is 12.6. The van der Waals surface area contributed by atoms with Gasteiger partial charge >= 0.3 is 12.2 Å². The van der Waals surface area contributed by atoms with Crippen LogP contribution in [0.15, 0.2) is 11.5 Å². The summed E-state index contributed by atoms with van der Waals surface area (Å²) in [5.41, 5.74) is -0.436. The van der Waals surface area contributed by atoms with Crippen molar-refractivity contribution < 1.29 is 31.9 Å². The SMILES string of the molecule is CC(C)[Si](O[C@H]1C[C@H](NC(=O)OC(C)(C)C)C[C@@H]1/C=C/S(=O)(=O)NC(=O)OC(C)(C)C)(C(C)C)C(C)C. The van der Waals surface area contributed by atoms with Crippen LogP contribution >= 0.6 is 0 Å². The smallest absolute Gasteiger partial charge is 0.421 e. The van der Waals surface area contributed by atoms with Gasteiger partial charge in [0, 0.05) is 17.4 Å². The molecule has 0 unspecified atom stereocenters. The van der Waals surface area contributed by atoms with Crippen LogP contribution in [0.4, 0.5) is 9.59 Å². The summed E-state index contributed by atoms with van der Waals surface area (Å²) >= 11 is 0. The van der Waals surface area contributed by atoms with Crippen LogP contribution in [0.1, 0.15) is 95.9 Å². The van der Waals surface area contributed by atoms with Crippen molar-refractivity contribution in [2.75, 3.05) is 0 Å². The zero-order chi connectivity index (χ0) is 29.0. The van der Waals surface area contributed by atoms with Crippen LogP contribution in [0.3, 0.4) is 0 Å². The lowest BCUT2D eigenvalue weighted by Gasteiger charge is -2.45. The third-order valence-corrected chi connectivity index (χ3v) is 13.6. The highest BCUT2D eigenvalue weighted by Gasteiger charge is 2.49. The minimum absolute atomic E-state index is 0.241. The molecule has 0 bridgehead atoms. The number of carbonyl (C=O) groups excluding carboxylic acids is 2. The van der Waals surface area contributed by atoms with Gasteiger partial charge < -0.3 is 19.2 Å². The van der Waals surface area contributed by atoms with Crippen LogP contribution in [0.25, 0.3) is 0 Å². The second-order valence-corrected chi connectivity index (χ2v) is 19.9. The highest BCUT2D eigenvalue weighted by molar-refractivity contribution is 7.92. The Balaban J connectivity index is 3.22. The van der Waals surface area contributed by atoms with Crippen LogP contribution < -0.4 is 10.0 Å². The molecular formula is C26H50N2O7SSi. The van der Waals surface area contributed by atoms with E-state index in [4.69, 9.17) is 13.9 Å². The number of alkyl carbamates (subject to hydrolysis) is 1. The molecule has 1 rings (SSSR count). The van der Waals surface area contributed by atoms with Gasteiger partial charge in [-0.05, 0) is 71.0 Å². The Bertz CT molecular complexity index is 896. The quantitative estimate of drug-likeness (QED) is 0.320. The molecule has 1 fully saturated rings. The lowest BCUT2D eigenvalue weighted by molar-refractivity contribution is 0.0500. The van der Waals surface area contributed by atoms with E-state index >= 15 is 0 Å². The molecule has 0 aromatic rings. The molecule has 0 spiro atoms. The van der Waals surface area contributed by atoms with Gasteiger partial charge in [0.05, 0.1) is 6.10 Å². The molecule has 1 aliphatic rings. The van der Waals surface area contributed by atoms with Crippen LogP contribution in [0.5, 0.6) is 0 Å². The van der Waals surface area contributed by atoms with Gasteiger partial charge in [-0.1, -0.05) is 47.6 Å². The third-order valence-electron chi connectivity index (χ3n) is 6.46. The molecule has 216 valence electrons. The molecule has 0 heterocycles. The van der Waals surface area contributed by atoms with E-state index in [0.717, 1.165) is 5.41 Å². The number of amides is 2. The summed E-state index contributed by atoms with van der Waals surface area (Å²) in [7, 11) is -6.37. The highest BCUT2D eigenvalue weighted by Crippen LogP contribution is 2.46. The number of hydrogen-bond acceptors (Lipinski definition) is 7. The molecule has 9 nitrogen and oxygen atoms in total. The molecule has 0 saturated heterocycles. The van der Waals surface area contributed by atoms with Crippen LogP contribution in [-0.4, -0.2) is 52.3 Å². The topological polar surface area (TPSA) is 120 Å². The largest absolute Gasteiger partial charge is 0.444 e. The number of sulfonamides is 1. The first-order chi connectivity index (χ1) is 16.6. The van der Waals surface area contributed by atoms with Crippen molar-refractivity contribution in [2.45, 2.75) is 136 Å². The maximum Gasteiger partial charge on any atom is 0.421 e. The minimum atomic E-state index is -4.08. The Kier molecular flexibility index (Phi) is 11.3. The van der Waals surface area contributed by atoms with Gasteiger partial charge in [0.1, 0.15) is 11.2 Å². The van der Waals surface area contributed by atoms with Gasteiger partial charge in [-0.25, -0.2) is 22.7 Å². The zero-order valence-electron chi connectivity index (χ0n) is 24.8.